The highest BCUT2D eigenvalue weighted by Gasteiger charge is 2.21. The molecule has 0 spiro atoms. The second-order valence-electron chi connectivity index (χ2n) is 5.14. The molecule has 0 saturated carbocycles. The number of carboxylic acid groups (broad SMARTS) is 1. The van der Waals surface area contributed by atoms with E-state index in [9.17, 15) is 9.59 Å². The minimum atomic E-state index is -0.945. The third-order valence-corrected chi connectivity index (χ3v) is 3.35. The average molecular weight is 302 g/mol. The molecule has 0 saturated heterocycles. The molecule has 1 aromatic carbocycles. The van der Waals surface area contributed by atoms with Crippen LogP contribution >= 0.6 is 0 Å². The molecule has 0 aliphatic heterocycles. The highest BCUT2D eigenvalue weighted by atomic mass is 16.4. The molecule has 0 bridgehead atoms. The molecule has 1 amide bonds. The first-order chi connectivity index (χ1) is 10.4. The Hall–Kier alpha value is -2.70. The van der Waals surface area contributed by atoms with Crippen LogP contribution in [0.1, 0.15) is 28.2 Å². The zero-order chi connectivity index (χ0) is 16.3. The molecule has 2 rings (SSSR count). The molecule has 2 aromatic rings. The molecule has 116 valence electrons. The molecule has 0 aliphatic rings. The van der Waals surface area contributed by atoms with Gasteiger partial charge in [0.1, 0.15) is 0 Å². The van der Waals surface area contributed by atoms with E-state index in [2.05, 4.69) is 10.3 Å². The first kappa shape index (κ1) is 15.7. The van der Waals surface area contributed by atoms with Gasteiger partial charge in [-0.05, 0) is 31.5 Å². The van der Waals surface area contributed by atoms with E-state index in [1.54, 1.807) is 18.7 Å². The fraction of sp³-hybridized carbons (Fsp3) is 0.333. The van der Waals surface area contributed by atoms with Gasteiger partial charge in [-0.2, -0.15) is 0 Å². The van der Waals surface area contributed by atoms with E-state index < -0.39 is 5.97 Å². The van der Waals surface area contributed by atoms with Gasteiger partial charge in [0, 0.05) is 13.6 Å². The number of carbonyl (C=O) groups is 2. The lowest BCUT2D eigenvalue weighted by Crippen LogP contribution is -2.29. The Morgan fingerprint density at radius 3 is 2.68 bits per heavy atom. The summed E-state index contributed by atoms with van der Waals surface area (Å²) in [6.45, 7) is 3.87. The molecule has 0 aliphatic carbocycles. The quantitative estimate of drug-likeness (QED) is 0.902. The lowest BCUT2D eigenvalue weighted by Gasteiger charge is -2.14. The summed E-state index contributed by atoms with van der Waals surface area (Å²) in [7, 11) is 1.55. The fourth-order valence-corrected chi connectivity index (χ4v) is 2.08. The lowest BCUT2D eigenvalue weighted by molar-refractivity contribution is -0.137. The first-order valence-corrected chi connectivity index (χ1v) is 6.86. The summed E-state index contributed by atoms with van der Waals surface area (Å²) in [6.07, 6.45) is -0.104. The Kier molecular flexibility index (Phi) is 4.55. The van der Waals surface area contributed by atoms with Crippen molar-refractivity contribution in [1.82, 2.24) is 19.9 Å². The van der Waals surface area contributed by atoms with E-state index in [4.69, 9.17) is 5.11 Å². The maximum Gasteiger partial charge on any atom is 0.305 e. The van der Waals surface area contributed by atoms with Gasteiger partial charge in [0.05, 0.1) is 17.8 Å². The van der Waals surface area contributed by atoms with Gasteiger partial charge in [0.2, 0.25) is 0 Å². The van der Waals surface area contributed by atoms with E-state index in [1.807, 2.05) is 31.2 Å². The molecule has 0 radical (unpaired) electrons. The van der Waals surface area contributed by atoms with Crippen LogP contribution in [0.15, 0.2) is 24.3 Å². The van der Waals surface area contributed by atoms with E-state index >= 15 is 0 Å². The topological polar surface area (TPSA) is 88.3 Å². The molecule has 0 fully saturated rings. The first-order valence-electron chi connectivity index (χ1n) is 6.86. The van der Waals surface area contributed by atoms with Crippen LogP contribution in [0, 0.1) is 13.8 Å². The van der Waals surface area contributed by atoms with Gasteiger partial charge >= 0.3 is 5.97 Å². The van der Waals surface area contributed by atoms with Crippen molar-refractivity contribution in [3.8, 4) is 5.69 Å². The third-order valence-electron chi connectivity index (χ3n) is 3.35. The monoisotopic (exact) mass is 302 g/mol. The van der Waals surface area contributed by atoms with Crippen molar-refractivity contribution in [1.29, 1.82) is 0 Å². The third kappa shape index (κ3) is 3.30. The van der Waals surface area contributed by atoms with E-state index in [-0.39, 0.29) is 24.6 Å². The van der Waals surface area contributed by atoms with Crippen molar-refractivity contribution in [3.05, 3.63) is 41.2 Å². The van der Waals surface area contributed by atoms with Crippen molar-refractivity contribution in [2.24, 2.45) is 0 Å². The largest absolute Gasteiger partial charge is 0.481 e. The van der Waals surface area contributed by atoms with E-state index in [0.29, 0.717) is 5.69 Å². The van der Waals surface area contributed by atoms with Crippen LogP contribution in [0.25, 0.3) is 5.69 Å². The number of carbonyl (C=O) groups excluding carboxylic acids is 1. The minimum Gasteiger partial charge on any atom is -0.481 e. The SMILES string of the molecule is Cc1cccc(-n2nnc(C(=O)N(C)CCC(=O)O)c2C)c1. The van der Waals surface area contributed by atoms with Crippen LogP contribution in [0.4, 0.5) is 0 Å². The molecule has 0 unspecified atom stereocenters. The molecule has 1 heterocycles. The van der Waals surface area contributed by atoms with Crippen molar-refractivity contribution in [2.45, 2.75) is 20.3 Å². The number of rotatable bonds is 5. The van der Waals surface area contributed by atoms with Gasteiger partial charge in [0.25, 0.3) is 5.91 Å². The number of aliphatic carboxylic acids is 1. The van der Waals surface area contributed by atoms with Crippen LogP contribution < -0.4 is 0 Å². The number of hydrogen-bond donors (Lipinski definition) is 1. The van der Waals surface area contributed by atoms with Gasteiger partial charge in [-0.25, -0.2) is 4.68 Å². The Bertz CT molecular complexity index is 709. The number of hydrogen-bond acceptors (Lipinski definition) is 4. The minimum absolute atomic E-state index is 0.104. The van der Waals surface area contributed by atoms with Crippen LogP contribution in [-0.4, -0.2) is 50.5 Å². The zero-order valence-corrected chi connectivity index (χ0v) is 12.8. The van der Waals surface area contributed by atoms with Crippen LogP contribution in [0.5, 0.6) is 0 Å². The molecule has 1 aromatic heterocycles. The number of aromatic nitrogens is 3. The predicted octanol–water partition coefficient (Wildman–Crippen LogP) is 1.43. The molecular formula is C15H18N4O3. The second kappa shape index (κ2) is 6.38. The standard InChI is InChI=1S/C15H18N4O3/c1-10-5-4-6-12(9-10)19-11(2)14(16-17-19)15(22)18(3)8-7-13(20)21/h4-6,9H,7-8H2,1-3H3,(H,20,21). The summed E-state index contributed by atoms with van der Waals surface area (Å²) in [5.74, 6) is -1.28. The highest BCUT2D eigenvalue weighted by molar-refractivity contribution is 5.93. The molecular weight excluding hydrogens is 284 g/mol. The van der Waals surface area contributed by atoms with Crippen molar-refractivity contribution in [2.75, 3.05) is 13.6 Å². The summed E-state index contributed by atoms with van der Waals surface area (Å²) in [6, 6.07) is 7.72. The van der Waals surface area contributed by atoms with Gasteiger partial charge < -0.3 is 10.0 Å². The van der Waals surface area contributed by atoms with Gasteiger partial charge in [-0.3, -0.25) is 9.59 Å². The van der Waals surface area contributed by atoms with Crippen LogP contribution in [-0.2, 0) is 4.79 Å². The van der Waals surface area contributed by atoms with Crippen LogP contribution in [0.3, 0.4) is 0 Å². The summed E-state index contributed by atoms with van der Waals surface area (Å²) < 4.78 is 1.60. The predicted molar refractivity (Wildman–Crippen MR) is 80.0 cm³/mol. The Morgan fingerprint density at radius 1 is 1.32 bits per heavy atom. The summed E-state index contributed by atoms with van der Waals surface area (Å²) in [5.41, 5.74) is 2.77. The normalized spacial score (nSPS) is 10.5. The smallest absolute Gasteiger partial charge is 0.305 e. The molecule has 7 nitrogen and oxygen atoms in total. The summed E-state index contributed by atoms with van der Waals surface area (Å²) in [5, 5.41) is 16.7. The maximum absolute atomic E-state index is 12.3. The Labute approximate surface area is 128 Å². The van der Waals surface area contributed by atoms with Gasteiger partial charge in [-0.1, -0.05) is 17.3 Å². The highest BCUT2D eigenvalue weighted by Crippen LogP contribution is 2.14. The number of aryl methyl sites for hydroxylation is 1. The zero-order valence-electron chi connectivity index (χ0n) is 12.8. The Balaban J connectivity index is 2.24. The van der Waals surface area contributed by atoms with Crippen molar-refractivity contribution < 1.29 is 14.7 Å². The maximum atomic E-state index is 12.3. The number of carboxylic acids is 1. The van der Waals surface area contributed by atoms with Gasteiger partial charge in [0.15, 0.2) is 5.69 Å². The molecule has 22 heavy (non-hydrogen) atoms. The number of nitrogens with zero attached hydrogens (tertiary/aromatic N) is 4. The number of amides is 1. The number of benzene rings is 1. The van der Waals surface area contributed by atoms with E-state index in [0.717, 1.165) is 11.3 Å². The molecule has 7 heteroatoms. The Morgan fingerprint density at radius 2 is 2.05 bits per heavy atom. The lowest BCUT2D eigenvalue weighted by atomic mass is 10.2. The van der Waals surface area contributed by atoms with Crippen LogP contribution in [0.2, 0.25) is 0 Å². The second-order valence-corrected chi connectivity index (χ2v) is 5.14. The fourth-order valence-electron chi connectivity index (χ4n) is 2.08. The summed E-state index contributed by atoms with van der Waals surface area (Å²) in [4.78, 5) is 24.2. The van der Waals surface area contributed by atoms with E-state index in [1.165, 1.54) is 4.90 Å². The summed E-state index contributed by atoms with van der Waals surface area (Å²) >= 11 is 0. The average Bonchev–Trinajstić information content (AvgIpc) is 2.85. The molecule has 1 N–H and O–H groups in total. The van der Waals surface area contributed by atoms with Crippen molar-refractivity contribution in [3.63, 3.8) is 0 Å². The molecule has 0 atom stereocenters. The van der Waals surface area contributed by atoms with Crippen molar-refractivity contribution >= 4 is 11.9 Å². The van der Waals surface area contributed by atoms with Gasteiger partial charge in [-0.15, -0.1) is 5.10 Å².